The van der Waals surface area contributed by atoms with Crippen molar-refractivity contribution in [2.75, 3.05) is 31.6 Å². The molecule has 0 atom stereocenters. The predicted octanol–water partition coefficient (Wildman–Crippen LogP) is 3.88. The van der Waals surface area contributed by atoms with Gasteiger partial charge in [-0.2, -0.15) is 4.31 Å². The highest BCUT2D eigenvalue weighted by Gasteiger charge is 2.27. The second-order valence-corrected chi connectivity index (χ2v) is 10.5. The van der Waals surface area contributed by atoms with E-state index in [0.29, 0.717) is 42.7 Å². The minimum atomic E-state index is -3.70. The van der Waals surface area contributed by atoms with Gasteiger partial charge in [-0.25, -0.2) is 18.2 Å². The van der Waals surface area contributed by atoms with E-state index in [9.17, 15) is 13.2 Å². The van der Waals surface area contributed by atoms with Crippen LogP contribution in [-0.4, -0.2) is 50.0 Å². The van der Waals surface area contributed by atoms with Crippen molar-refractivity contribution >= 4 is 38.1 Å². The summed E-state index contributed by atoms with van der Waals surface area (Å²) in [5.74, 6) is -0.590. The van der Waals surface area contributed by atoms with E-state index in [1.807, 2.05) is 36.6 Å². The molecule has 2 aromatic carbocycles. The Bertz CT molecular complexity index is 1230. The van der Waals surface area contributed by atoms with Crippen LogP contribution in [0.1, 0.15) is 27.2 Å². The SMILES string of the molecule is Cc1ccc(Nc2nc(COC(=O)c3cc(S(=O)(=O)N4CCOCC4)ccc3C)cs2)cc1. The lowest BCUT2D eigenvalue weighted by Crippen LogP contribution is -2.40. The summed E-state index contributed by atoms with van der Waals surface area (Å²) in [4.78, 5) is 17.3. The first-order valence-electron chi connectivity index (χ1n) is 10.5. The number of benzene rings is 2. The average molecular weight is 488 g/mol. The summed E-state index contributed by atoms with van der Waals surface area (Å²) in [5, 5.41) is 5.73. The fourth-order valence-electron chi connectivity index (χ4n) is 3.33. The monoisotopic (exact) mass is 487 g/mol. The first-order valence-corrected chi connectivity index (χ1v) is 12.8. The molecule has 1 saturated heterocycles. The van der Waals surface area contributed by atoms with Crippen LogP contribution in [0.3, 0.4) is 0 Å². The molecule has 0 spiro atoms. The van der Waals surface area contributed by atoms with E-state index in [0.717, 1.165) is 5.69 Å². The van der Waals surface area contributed by atoms with Crippen molar-refractivity contribution in [3.8, 4) is 0 Å². The van der Waals surface area contributed by atoms with Crippen LogP contribution in [-0.2, 0) is 26.1 Å². The van der Waals surface area contributed by atoms with E-state index in [4.69, 9.17) is 9.47 Å². The number of morpholine rings is 1. The first-order chi connectivity index (χ1) is 15.8. The number of rotatable bonds is 7. The molecule has 3 aromatic rings. The first kappa shape index (κ1) is 23.4. The van der Waals surface area contributed by atoms with Gasteiger partial charge in [-0.1, -0.05) is 23.8 Å². The lowest BCUT2D eigenvalue weighted by atomic mass is 10.1. The smallest absolute Gasteiger partial charge is 0.338 e. The highest BCUT2D eigenvalue weighted by molar-refractivity contribution is 7.89. The van der Waals surface area contributed by atoms with E-state index in [2.05, 4.69) is 10.3 Å². The van der Waals surface area contributed by atoms with Crippen LogP contribution >= 0.6 is 11.3 Å². The Balaban J connectivity index is 1.42. The Kier molecular flexibility index (Phi) is 7.08. The predicted molar refractivity (Wildman–Crippen MR) is 126 cm³/mol. The minimum Gasteiger partial charge on any atom is -0.456 e. The summed E-state index contributed by atoms with van der Waals surface area (Å²) in [6, 6.07) is 12.5. The quantitative estimate of drug-likeness (QED) is 0.505. The number of ether oxygens (including phenoxy) is 2. The third kappa shape index (κ3) is 5.59. The van der Waals surface area contributed by atoms with Crippen molar-refractivity contribution in [1.82, 2.24) is 9.29 Å². The van der Waals surface area contributed by atoms with Crippen LogP contribution in [0.4, 0.5) is 10.8 Å². The molecule has 8 nitrogen and oxygen atoms in total. The zero-order valence-electron chi connectivity index (χ0n) is 18.4. The summed E-state index contributed by atoms with van der Waals surface area (Å²) in [7, 11) is -3.70. The Morgan fingerprint density at radius 2 is 1.88 bits per heavy atom. The number of thiazole rings is 1. The van der Waals surface area contributed by atoms with Crippen LogP contribution in [0.2, 0.25) is 0 Å². The maximum absolute atomic E-state index is 12.9. The van der Waals surface area contributed by atoms with Crippen LogP contribution in [0.15, 0.2) is 52.7 Å². The van der Waals surface area contributed by atoms with Crippen LogP contribution in [0, 0.1) is 13.8 Å². The molecule has 1 N–H and O–H groups in total. The van der Waals surface area contributed by atoms with Crippen molar-refractivity contribution in [2.45, 2.75) is 25.3 Å². The summed E-state index contributed by atoms with van der Waals surface area (Å²) >= 11 is 1.41. The number of aryl methyl sites for hydroxylation is 2. The van der Waals surface area contributed by atoms with E-state index in [1.165, 1.54) is 33.3 Å². The zero-order valence-corrected chi connectivity index (χ0v) is 20.0. The summed E-state index contributed by atoms with van der Waals surface area (Å²) in [6.07, 6.45) is 0. The van der Waals surface area contributed by atoms with Crippen molar-refractivity contribution < 1.29 is 22.7 Å². The van der Waals surface area contributed by atoms with Gasteiger partial charge in [0, 0.05) is 24.2 Å². The van der Waals surface area contributed by atoms with Gasteiger partial charge in [0.25, 0.3) is 0 Å². The number of nitrogens with zero attached hydrogens (tertiary/aromatic N) is 2. The molecule has 4 rings (SSSR count). The van der Waals surface area contributed by atoms with Crippen molar-refractivity contribution in [3.63, 3.8) is 0 Å². The van der Waals surface area contributed by atoms with Crippen molar-refractivity contribution in [3.05, 3.63) is 70.2 Å². The Labute approximate surface area is 197 Å². The fourth-order valence-corrected chi connectivity index (χ4v) is 5.48. The normalized spacial score (nSPS) is 14.7. The molecule has 2 heterocycles. The maximum atomic E-state index is 12.9. The highest BCUT2D eigenvalue weighted by Crippen LogP contribution is 2.24. The van der Waals surface area contributed by atoms with Crippen molar-refractivity contribution in [2.24, 2.45) is 0 Å². The van der Waals surface area contributed by atoms with E-state index >= 15 is 0 Å². The maximum Gasteiger partial charge on any atom is 0.338 e. The number of anilines is 2. The third-order valence-corrected chi connectivity index (χ3v) is 7.94. The fraction of sp³-hybridized carbons (Fsp3) is 0.304. The Hall–Kier alpha value is -2.79. The van der Waals surface area contributed by atoms with Crippen LogP contribution in [0.5, 0.6) is 0 Å². The second kappa shape index (κ2) is 10.0. The number of sulfonamides is 1. The summed E-state index contributed by atoms with van der Waals surface area (Å²) in [5.41, 5.74) is 3.56. The lowest BCUT2D eigenvalue weighted by Gasteiger charge is -2.26. The molecule has 0 amide bonds. The Morgan fingerprint density at radius 3 is 2.61 bits per heavy atom. The molecular formula is C23H25N3O5S2. The van der Waals surface area contributed by atoms with Crippen LogP contribution < -0.4 is 5.32 Å². The third-order valence-electron chi connectivity index (χ3n) is 5.24. The molecular weight excluding hydrogens is 462 g/mol. The highest BCUT2D eigenvalue weighted by atomic mass is 32.2. The van der Waals surface area contributed by atoms with E-state index < -0.39 is 16.0 Å². The van der Waals surface area contributed by atoms with Gasteiger partial charge in [0.2, 0.25) is 10.0 Å². The number of hydrogen-bond donors (Lipinski definition) is 1. The molecule has 0 aliphatic carbocycles. The van der Waals surface area contributed by atoms with E-state index in [-0.39, 0.29) is 17.1 Å². The van der Waals surface area contributed by atoms with Crippen LogP contribution in [0.25, 0.3) is 0 Å². The molecule has 1 aliphatic rings. The van der Waals surface area contributed by atoms with Gasteiger partial charge < -0.3 is 14.8 Å². The van der Waals surface area contributed by atoms with Gasteiger partial charge in [-0.15, -0.1) is 11.3 Å². The summed E-state index contributed by atoms with van der Waals surface area (Å²) in [6.45, 7) is 5.05. The van der Waals surface area contributed by atoms with Crippen molar-refractivity contribution in [1.29, 1.82) is 0 Å². The molecule has 0 unspecified atom stereocenters. The van der Waals surface area contributed by atoms with Gasteiger partial charge in [0.15, 0.2) is 5.13 Å². The number of nitrogens with one attached hydrogen (secondary N) is 1. The number of carbonyl (C=O) groups is 1. The van der Waals surface area contributed by atoms with Gasteiger partial charge in [-0.3, -0.25) is 0 Å². The molecule has 0 bridgehead atoms. The Morgan fingerprint density at radius 1 is 1.15 bits per heavy atom. The molecule has 174 valence electrons. The molecule has 0 saturated carbocycles. The molecule has 1 fully saturated rings. The van der Waals surface area contributed by atoms with Gasteiger partial charge in [0.05, 0.1) is 29.4 Å². The number of aromatic nitrogens is 1. The lowest BCUT2D eigenvalue weighted by molar-refractivity contribution is 0.0467. The topological polar surface area (TPSA) is 97.8 Å². The molecule has 33 heavy (non-hydrogen) atoms. The zero-order chi connectivity index (χ0) is 23.4. The standard InChI is InChI=1S/C23H25N3O5S2/c1-16-3-6-18(7-4-16)24-23-25-19(15-32-23)14-31-22(27)21-13-20(8-5-17(21)2)33(28,29)26-9-11-30-12-10-26/h3-8,13,15H,9-12,14H2,1-2H3,(H,24,25). The number of hydrogen-bond acceptors (Lipinski definition) is 8. The minimum absolute atomic E-state index is 0.00913. The van der Waals surface area contributed by atoms with Gasteiger partial charge in [-0.05, 0) is 43.7 Å². The van der Waals surface area contributed by atoms with Gasteiger partial charge >= 0.3 is 5.97 Å². The second-order valence-electron chi connectivity index (χ2n) is 7.70. The number of carbonyl (C=O) groups excluding carboxylic acids is 1. The molecule has 1 aliphatic heterocycles. The molecule has 1 aromatic heterocycles. The molecule has 0 radical (unpaired) electrons. The average Bonchev–Trinajstić information content (AvgIpc) is 3.27. The van der Waals surface area contributed by atoms with E-state index in [1.54, 1.807) is 13.0 Å². The van der Waals surface area contributed by atoms with Gasteiger partial charge in [0.1, 0.15) is 6.61 Å². The molecule has 10 heteroatoms. The number of esters is 1. The summed E-state index contributed by atoms with van der Waals surface area (Å²) < 4.78 is 37.9. The largest absolute Gasteiger partial charge is 0.456 e.